The van der Waals surface area contributed by atoms with Gasteiger partial charge in [-0.3, -0.25) is 9.59 Å². The molecule has 0 aliphatic rings. The van der Waals surface area contributed by atoms with Gasteiger partial charge in [-0.2, -0.15) is 12.7 Å². The lowest BCUT2D eigenvalue weighted by Gasteiger charge is -2.32. The van der Waals surface area contributed by atoms with E-state index in [9.17, 15) is 18.0 Å². The van der Waals surface area contributed by atoms with E-state index in [1.165, 1.54) is 19.0 Å². The van der Waals surface area contributed by atoms with Gasteiger partial charge < -0.3 is 15.0 Å². The van der Waals surface area contributed by atoms with Crippen LogP contribution in [0.15, 0.2) is 54.6 Å². The summed E-state index contributed by atoms with van der Waals surface area (Å²) < 4.78 is 33.6. The fourth-order valence-electron chi connectivity index (χ4n) is 3.40. The number of para-hydroxylation sites is 1. The minimum absolute atomic E-state index is 0.114. The number of methoxy groups -OCH3 is 1. The van der Waals surface area contributed by atoms with E-state index in [2.05, 4.69) is 5.32 Å². The summed E-state index contributed by atoms with van der Waals surface area (Å²) in [4.78, 5) is 27.9. The Morgan fingerprint density at radius 1 is 1.06 bits per heavy atom. The summed E-state index contributed by atoms with van der Waals surface area (Å²) in [7, 11) is 0.403. The van der Waals surface area contributed by atoms with Crippen LogP contribution in [0, 0.1) is 0 Å². The zero-order chi connectivity index (χ0) is 26.0. The molecule has 0 aliphatic carbocycles. The molecule has 0 unspecified atom stereocenters. The Morgan fingerprint density at radius 2 is 1.74 bits per heavy atom. The lowest BCUT2D eigenvalue weighted by atomic mass is 10.1. The van der Waals surface area contributed by atoms with Crippen molar-refractivity contribution < 1.29 is 22.7 Å². The van der Waals surface area contributed by atoms with Crippen molar-refractivity contribution in [1.82, 2.24) is 14.5 Å². The molecular formula is C25H36N4O5S. The fourth-order valence-corrected chi connectivity index (χ4v) is 4.45. The van der Waals surface area contributed by atoms with Gasteiger partial charge in [0.2, 0.25) is 11.8 Å². The Hall–Kier alpha value is -3.11. The third-order valence-electron chi connectivity index (χ3n) is 5.55. The molecule has 0 aliphatic heterocycles. The van der Waals surface area contributed by atoms with Gasteiger partial charge >= 0.3 is 10.2 Å². The van der Waals surface area contributed by atoms with Crippen LogP contribution in [0.1, 0.15) is 32.3 Å². The predicted octanol–water partition coefficient (Wildman–Crippen LogP) is 2.64. The highest BCUT2D eigenvalue weighted by atomic mass is 32.2. The quantitative estimate of drug-likeness (QED) is 0.423. The van der Waals surface area contributed by atoms with Crippen molar-refractivity contribution in [3.8, 4) is 5.75 Å². The standard InChI is InChI=1S/C25H36N4O5S/c1-6-7-16-26-25(31)20(2)28(18-21-12-11-15-23(17-21)34-5)24(30)19-29(35(32,33)27(3)4)22-13-9-8-10-14-22/h8-15,17,20H,6-7,16,18-19H2,1-5H3,(H,26,31)/t20-/m0/s1. The Labute approximate surface area is 208 Å². The van der Waals surface area contributed by atoms with Gasteiger partial charge in [0.1, 0.15) is 18.3 Å². The van der Waals surface area contributed by atoms with Gasteiger partial charge in [0.05, 0.1) is 12.8 Å². The first kappa shape index (κ1) is 28.1. The lowest BCUT2D eigenvalue weighted by Crippen LogP contribution is -2.52. The SMILES string of the molecule is CCCCNC(=O)[C@H](C)N(Cc1cccc(OC)c1)C(=O)CN(c1ccccc1)S(=O)(=O)N(C)C. The molecule has 0 saturated carbocycles. The van der Waals surface area contributed by atoms with Crippen LogP contribution in [-0.4, -0.2) is 69.8 Å². The molecule has 2 amide bonds. The highest BCUT2D eigenvalue weighted by molar-refractivity contribution is 7.90. The van der Waals surface area contributed by atoms with E-state index in [-0.39, 0.29) is 12.5 Å². The highest BCUT2D eigenvalue weighted by Gasteiger charge is 2.32. The fraction of sp³-hybridized carbons (Fsp3) is 0.440. The van der Waals surface area contributed by atoms with Gasteiger partial charge in [-0.15, -0.1) is 0 Å². The molecule has 0 bridgehead atoms. The number of nitrogens with zero attached hydrogens (tertiary/aromatic N) is 3. The number of ether oxygens (including phenoxy) is 1. The topological polar surface area (TPSA) is 99.3 Å². The second kappa shape index (κ2) is 13.1. The zero-order valence-corrected chi connectivity index (χ0v) is 21.9. The first-order chi connectivity index (χ1) is 16.6. The molecule has 10 heteroatoms. The summed E-state index contributed by atoms with van der Waals surface area (Å²) in [6.45, 7) is 3.83. The number of hydrogen-bond acceptors (Lipinski definition) is 5. The minimum Gasteiger partial charge on any atom is -0.497 e. The summed E-state index contributed by atoms with van der Waals surface area (Å²) in [5.74, 6) is -0.173. The van der Waals surface area contributed by atoms with E-state index in [0.717, 1.165) is 27.0 Å². The second-order valence-electron chi connectivity index (χ2n) is 8.33. The molecule has 35 heavy (non-hydrogen) atoms. The van der Waals surface area contributed by atoms with E-state index >= 15 is 0 Å². The van der Waals surface area contributed by atoms with E-state index in [1.807, 2.05) is 13.0 Å². The third kappa shape index (κ3) is 7.69. The van der Waals surface area contributed by atoms with Gasteiger partial charge in [0, 0.05) is 27.2 Å². The molecule has 2 rings (SSSR count). The number of carbonyl (C=O) groups is 2. The van der Waals surface area contributed by atoms with Crippen molar-refractivity contribution in [2.24, 2.45) is 0 Å². The molecule has 0 spiro atoms. The molecule has 2 aromatic rings. The summed E-state index contributed by atoms with van der Waals surface area (Å²) in [6, 6.07) is 14.8. The summed E-state index contributed by atoms with van der Waals surface area (Å²) >= 11 is 0. The summed E-state index contributed by atoms with van der Waals surface area (Å²) in [5, 5.41) is 2.86. The van der Waals surface area contributed by atoms with Crippen LogP contribution in [-0.2, 0) is 26.3 Å². The van der Waals surface area contributed by atoms with E-state index in [1.54, 1.807) is 62.6 Å². The molecule has 0 saturated heterocycles. The van der Waals surface area contributed by atoms with Crippen LogP contribution < -0.4 is 14.4 Å². The van der Waals surface area contributed by atoms with Gasteiger partial charge in [0.25, 0.3) is 0 Å². The highest BCUT2D eigenvalue weighted by Crippen LogP contribution is 2.21. The van der Waals surface area contributed by atoms with Gasteiger partial charge in [-0.05, 0) is 43.2 Å². The van der Waals surface area contributed by atoms with Crippen molar-refractivity contribution in [3.05, 3.63) is 60.2 Å². The molecule has 0 aromatic heterocycles. The number of rotatable bonds is 13. The smallest absolute Gasteiger partial charge is 0.304 e. The number of hydrogen-bond donors (Lipinski definition) is 1. The molecular weight excluding hydrogens is 468 g/mol. The van der Waals surface area contributed by atoms with Crippen LogP contribution in [0.4, 0.5) is 5.69 Å². The van der Waals surface area contributed by atoms with Crippen molar-refractivity contribution in [2.75, 3.05) is 38.6 Å². The Kier molecular flexibility index (Phi) is 10.5. The Balaban J connectivity index is 2.40. The molecule has 1 atom stereocenters. The van der Waals surface area contributed by atoms with Crippen molar-refractivity contribution in [2.45, 2.75) is 39.3 Å². The number of nitrogens with one attached hydrogen (secondary N) is 1. The van der Waals surface area contributed by atoms with Crippen LogP contribution >= 0.6 is 0 Å². The van der Waals surface area contributed by atoms with Crippen LogP contribution in [0.5, 0.6) is 5.75 Å². The third-order valence-corrected chi connectivity index (χ3v) is 7.37. The molecule has 0 heterocycles. The second-order valence-corrected chi connectivity index (χ2v) is 10.4. The van der Waals surface area contributed by atoms with Gasteiger partial charge in [-0.1, -0.05) is 43.7 Å². The molecule has 192 valence electrons. The monoisotopic (exact) mass is 504 g/mol. The number of carbonyl (C=O) groups excluding carboxylic acids is 2. The molecule has 0 radical (unpaired) electrons. The number of benzene rings is 2. The number of anilines is 1. The summed E-state index contributed by atoms with van der Waals surface area (Å²) in [6.07, 6.45) is 1.75. The molecule has 9 nitrogen and oxygen atoms in total. The van der Waals surface area contributed by atoms with E-state index in [4.69, 9.17) is 4.74 Å². The normalized spacial score (nSPS) is 12.2. The van der Waals surface area contributed by atoms with E-state index < -0.39 is 28.7 Å². The van der Waals surface area contributed by atoms with Crippen molar-refractivity contribution >= 4 is 27.7 Å². The minimum atomic E-state index is -3.97. The first-order valence-electron chi connectivity index (χ1n) is 11.6. The van der Waals surface area contributed by atoms with Crippen LogP contribution in [0.25, 0.3) is 0 Å². The average molecular weight is 505 g/mol. The maximum absolute atomic E-state index is 13.6. The molecule has 2 aromatic carbocycles. The zero-order valence-electron chi connectivity index (χ0n) is 21.1. The molecule has 0 fully saturated rings. The predicted molar refractivity (Wildman–Crippen MR) is 137 cm³/mol. The average Bonchev–Trinajstić information content (AvgIpc) is 2.85. The van der Waals surface area contributed by atoms with Crippen molar-refractivity contribution in [3.63, 3.8) is 0 Å². The lowest BCUT2D eigenvalue weighted by molar-refractivity contribution is -0.139. The van der Waals surface area contributed by atoms with Crippen LogP contribution in [0.3, 0.4) is 0 Å². The largest absolute Gasteiger partial charge is 0.497 e. The first-order valence-corrected chi connectivity index (χ1v) is 13.0. The van der Waals surface area contributed by atoms with E-state index in [0.29, 0.717) is 18.0 Å². The molecule has 1 N–H and O–H groups in total. The van der Waals surface area contributed by atoms with Gasteiger partial charge in [-0.25, -0.2) is 4.31 Å². The van der Waals surface area contributed by atoms with Gasteiger partial charge in [0.15, 0.2) is 0 Å². The summed E-state index contributed by atoms with van der Waals surface area (Å²) in [5.41, 5.74) is 1.11. The van der Waals surface area contributed by atoms with Crippen molar-refractivity contribution in [1.29, 1.82) is 0 Å². The maximum atomic E-state index is 13.6. The Bertz CT molecular complexity index is 1080. The Morgan fingerprint density at radius 3 is 2.34 bits per heavy atom. The number of unbranched alkanes of at least 4 members (excludes halogenated alkanes) is 1. The number of amides is 2. The maximum Gasteiger partial charge on any atom is 0.304 e. The van der Waals surface area contributed by atoms with Crippen LogP contribution in [0.2, 0.25) is 0 Å².